The minimum Gasteiger partial charge on any atom is -0.357 e. The molecule has 18 heavy (non-hydrogen) atoms. The van der Waals surface area contributed by atoms with E-state index in [0.717, 1.165) is 23.5 Å². The Morgan fingerprint density at radius 2 is 2.28 bits per heavy atom. The summed E-state index contributed by atoms with van der Waals surface area (Å²) in [6.07, 6.45) is 5.23. The summed E-state index contributed by atoms with van der Waals surface area (Å²) in [6.45, 7) is 3.76. The maximum Gasteiger partial charge on any atom is 0.191 e. The van der Waals surface area contributed by atoms with Crippen molar-refractivity contribution in [3.05, 3.63) is 20.8 Å². The Labute approximate surface area is 121 Å². The van der Waals surface area contributed by atoms with E-state index in [1.54, 1.807) is 11.3 Å². The highest BCUT2D eigenvalue weighted by Crippen LogP contribution is 2.20. The van der Waals surface area contributed by atoms with Gasteiger partial charge in [0.15, 0.2) is 5.96 Å². The summed E-state index contributed by atoms with van der Waals surface area (Å²) in [5, 5.41) is 8.94. The number of halogens is 1. The molecule has 1 aliphatic rings. The summed E-state index contributed by atoms with van der Waals surface area (Å²) in [5.74, 6) is 0.953. The van der Waals surface area contributed by atoms with Crippen molar-refractivity contribution in [2.75, 3.05) is 6.54 Å². The van der Waals surface area contributed by atoms with Crippen molar-refractivity contribution >= 4 is 33.2 Å². The molecule has 3 nitrogen and oxygen atoms in total. The second kappa shape index (κ2) is 7.14. The molecule has 1 saturated carbocycles. The zero-order chi connectivity index (χ0) is 12.8. The lowest BCUT2D eigenvalue weighted by Gasteiger charge is -2.16. The largest absolute Gasteiger partial charge is 0.357 e. The third-order valence-electron chi connectivity index (χ3n) is 3.06. The number of guanidine groups is 1. The molecule has 100 valence electrons. The van der Waals surface area contributed by atoms with Crippen LogP contribution in [-0.4, -0.2) is 18.5 Å². The standard InChI is InChI=1S/C13H20BrN3S/c1-2-15-13(17-11-5-3-4-6-11)16-8-12-7-10(14)9-18-12/h7,9,11H,2-6,8H2,1H3,(H2,15,16,17). The van der Waals surface area contributed by atoms with Gasteiger partial charge in [0.25, 0.3) is 0 Å². The Morgan fingerprint density at radius 1 is 1.50 bits per heavy atom. The summed E-state index contributed by atoms with van der Waals surface area (Å²) < 4.78 is 1.14. The molecule has 1 heterocycles. The molecule has 2 N–H and O–H groups in total. The van der Waals surface area contributed by atoms with Gasteiger partial charge in [-0.15, -0.1) is 11.3 Å². The van der Waals surface area contributed by atoms with E-state index in [0.29, 0.717) is 6.04 Å². The lowest BCUT2D eigenvalue weighted by Crippen LogP contribution is -2.42. The van der Waals surface area contributed by atoms with Crippen LogP contribution in [0.15, 0.2) is 20.9 Å². The molecule has 0 spiro atoms. The molecular weight excluding hydrogens is 310 g/mol. The fourth-order valence-corrected chi connectivity index (χ4v) is 3.55. The molecule has 5 heteroatoms. The van der Waals surface area contributed by atoms with E-state index in [4.69, 9.17) is 0 Å². The molecule has 0 amide bonds. The van der Waals surface area contributed by atoms with E-state index in [9.17, 15) is 0 Å². The average molecular weight is 330 g/mol. The van der Waals surface area contributed by atoms with Crippen LogP contribution in [0.25, 0.3) is 0 Å². The molecule has 2 rings (SSSR count). The van der Waals surface area contributed by atoms with Gasteiger partial charge in [0.05, 0.1) is 6.54 Å². The normalized spacial score (nSPS) is 17.1. The number of nitrogens with zero attached hydrogens (tertiary/aromatic N) is 1. The molecule has 1 aromatic rings. The van der Waals surface area contributed by atoms with Crippen LogP contribution < -0.4 is 10.6 Å². The van der Waals surface area contributed by atoms with E-state index in [-0.39, 0.29) is 0 Å². The molecule has 0 saturated heterocycles. The van der Waals surface area contributed by atoms with Crippen molar-refractivity contribution in [2.45, 2.75) is 45.2 Å². The Hall–Kier alpha value is -0.550. The van der Waals surface area contributed by atoms with Gasteiger partial charge in [-0.3, -0.25) is 0 Å². The van der Waals surface area contributed by atoms with Crippen LogP contribution in [0, 0.1) is 0 Å². The minimum absolute atomic E-state index is 0.609. The second-order valence-corrected chi connectivity index (χ2v) is 6.46. The van der Waals surface area contributed by atoms with Crippen molar-refractivity contribution in [1.29, 1.82) is 0 Å². The zero-order valence-corrected chi connectivity index (χ0v) is 13.1. The van der Waals surface area contributed by atoms with Crippen LogP contribution in [0.4, 0.5) is 0 Å². The third-order valence-corrected chi connectivity index (χ3v) is 4.74. The smallest absolute Gasteiger partial charge is 0.191 e. The first-order chi connectivity index (χ1) is 8.78. The summed E-state index contributed by atoms with van der Waals surface area (Å²) in [4.78, 5) is 5.93. The van der Waals surface area contributed by atoms with E-state index in [1.165, 1.54) is 30.6 Å². The van der Waals surface area contributed by atoms with Crippen molar-refractivity contribution in [3.8, 4) is 0 Å². The second-order valence-electron chi connectivity index (χ2n) is 4.55. The van der Waals surface area contributed by atoms with E-state index in [1.807, 2.05) is 0 Å². The number of aliphatic imine (C=N–C) groups is 1. The summed E-state index contributed by atoms with van der Waals surface area (Å²) in [5.41, 5.74) is 0. The van der Waals surface area contributed by atoms with Gasteiger partial charge in [0.2, 0.25) is 0 Å². The maximum absolute atomic E-state index is 4.64. The van der Waals surface area contributed by atoms with Crippen molar-refractivity contribution in [3.63, 3.8) is 0 Å². The zero-order valence-electron chi connectivity index (χ0n) is 10.7. The number of rotatable bonds is 4. The van der Waals surface area contributed by atoms with Crippen LogP contribution in [0.1, 0.15) is 37.5 Å². The third kappa shape index (κ3) is 4.28. The van der Waals surface area contributed by atoms with Gasteiger partial charge in [-0.2, -0.15) is 0 Å². The Bertz CT molecular complexity index is 397. The molecule has 0 unspecified atom stereocenters. The van der Waals surface area contributed by atoms with Gasteiger partial charge < -0.3 is 10.6 Å². The van der Waals surface area contributed by atoms with Crippen molar-refractivity contribution in [2.24, 2.45) is 4.99 Å². The quantitative estimate of drug-likeness (QED) is 0.655. The molecule has 0 aliphatic heterocycles. The Kier molecular flexibility index (Phi) is 5.50. The van der Waals surface area contributed by atoms with Crippen LogP contribution in [0.2, 0.25) is 0 Å². The topological polar surface area (TPSA) is 36.4 Å². The summed E-state index contributed by atoms with van der Waals surface area (Å²) >= 11 is 5.21. The van der Waals surface area contributed by atoms with E-state index in [2.05, 4.69) is 49.9 Å². The predicted octanol–water partition coefficient (Wildman–Crippen LogP) is 3.51. The predicted molar refractivity (Wildman–Crippen MR) is 82.2 cm³/mol. The molecule has 0 radical (unpaired) electrons. The molecule has 1 aromatic heterocycles. The van der Waals surface area contributed by atoms with Crippen LogP contribution >= 0.6 is 27.3 Å². The first-order valence-corrected chi connectivity index (χ1v) is 8.23. The van der Waals surface area contributed by atoms with Gasteiger partial charge in [0, 0.05) is 27.3 Å². The van der Waals surface area contributed by atoms with E-state index >= 15 is 0 Å². The molecule has 1 aliphatic carbocycles. The summed E-state index contributed by atoms with van der Waals surface area (Å²) in [6, 6.07) is 2.74. The highest BCUT2D eigenvalue weighted by Gasteiger charge is 2.15. The minimum atomic E-state index is 0.609. The fraction of sp³-hybridized carbons (Fsp3) is 0.615. The first kappa shape index (κ1) is 13.9. The van der Waals surface area contributed by atoms with Gasteiger partial charge in [-0.25, -0.2) is 4.99 Å². The molecule has 0 bridgehead atoms. The number of thiophene rings is 1. The monoisotopic (exact) mass is 329 g/mol. The molecule has 0 aromatic carbocycles. The van der Waals surface area contributed by atoms with Crippen LogP contribution in [0.5, 0.6) is 0 Å². The highest BCUT2D eigenvalue weighted by atomic mass is 79.9. The van der Waals surface area contributed by atoms with Crippen LogP contribution in [-0.2, 0) is 6.54 Å². The number of nitrogens with one attached hydrogen (secondary N) is 2. The van der Waals surface area contributed by atoms with Gasteiger partial charge in [-0.1, -0.05) is 12.8 Å². The first-order valence-electron chi connectivity index (χ1n) is 6.55. The SMILES string of the molecule is CCNC(=NCc1cc(Br)cs1)NC1CCCC1. The molecule has 1 fully saturated rings. The lowest BCUT2D eigenvalue weighted by molar-refractivity contribution is 0.614. The summed E-state index contributed by atoms with van der Waals surface area (Å²) in [7, 11) is 0. The average Bonchev–Trinajstić information content (AvgIpc) is 2.98. The maximum atomic E-state index is 4.64. The molecule has 0 atom stereocenters. The van der Waals surface area contributed by atoms with Crippen molar-refractivity contribution in [1.82, 2.24) is 10.6 Å². The van der Waals surface area contributed by atoms with Gasteiger partial charge in [-0.05, 0) is 41.8 Å². The lowest BCUT2D eigenvalue weighted by atomic mass is 10.2. The Balaban J connectivity index is 1.90. The van der Waals surface area contributed by atoms with Gasteiger partial charge in [0.1, 0.15) is 0 Å². The highest BCUT2D eigenvalue weighted by molar-refractivity contribution is 9.10. The van der Waals surface area contributed by atoms with Crippen LogP contribution in [0.3, 0.4) is 0 Å². The number of hydrogen-bond acceptors (Lipinski definition) is 2. The van der Waals surface area contributed by atoms with Crippen molar-refractivity contribution < 1.29 is 0 Å². The van der Waals surface area contributed by atoms with Gasteiger partial charge >= 0.3 is 0 Å². The Morgan fingerprint density at radius 3 is 2.89 bits per heavy atom. The fourth-order valence-electron chi connectivity index (χ4n) is 2.18. The molecular formula is C13H20BrN3S. The number of hydrogen-bond donors (Lipinski definition) is 2. The van der Waals surface area contributed by atoms with E-state index < -0.39 is 0 Å².